The third-order valence-corrected chi connectivity index (χ3v) is 1.91. The Hall–Kier alpha value is -1.52. The van der Waals surface area contributed by atoms with Gasteiger partial charge in [0.15, 0.2) is 5.75 Å². The molecule has 1 N–H and O–H groups in total. The fourth-order valence-corrected chi connectivity index (χ4v) is 1.14. The van der Waals surface area contributed by atoms with E-state index in [1.54, 1.807) is 10.9 Å². The van der Waals surface area contributed by atoms with Crippen LogP contribution >= 0.6 is 0 Å². The number of aryl methyl sites for hydroxylation is 1. The number of amides is 1. The maximum absolute atomic E-state index is 11.1. The summed E-state index contributed by atoms with van der Waals surface area (Å²) in [4.78, 5) is 11.1. The van der Waals surface area contributed by atoms with Crippen LogP contribution < -0.4 is 10.1 Å². The normalized spacial score (nSPS) is 10.0. The molecule has 0 saturated heterocycles. The number of nitrogens with one attached hydrogen (secondary N) is 1. The average molecular weight is 211 g/mol. The highest BCUT2D eigenvalue weighted by Gasteiger charge is 2.01. The highest BCUT2D eigenvalue weighted by atomic mass is 16.5. The van der Waals surface area contributed by atoms with E-state index in [1.165, 1.54) is 0 Å². The van der Waals surface area contributed by atoms with Crippen molar-refractivity contribution < 1.29 is 9.53 Å². The van der Waals surface area contributed by atoms with Crippen molar-refractivity contribution in [2.24, 2.45) is 0 Å². The Morgan fingerprint density at radius 1 is 1.60 bits per heavy atom. The second kappa shape index (κ2) is 6.06. The van der Waals surface area contributed by atoms with Gasteiger partial charge in [0.25, 0.3) is 0 Å². The molecule has 0 aromatic carbocycles. The van der Waals surface area contributed by atoms with Crippen molar-refractivity contribution in [3.8, 4) is 5.75 Å². The Balaban J connectivity index is 2.22. The molecule has 0 atom stereocenters. The van der Waals surface area contributed by atoms with E-state index in [-0.39, 0.29) is 5.91 Å². The van der Waals surface area contributed by atoms with Gasteiger partial charge in [0.05, 0.1) is 25.4 Å². The first-order valence-electron chi connectivity index (χ1n) is 5.18. The Bertz CT molecular complexity index is 309. The van der Waals surface area contributed by atoms with Crippen LogP contribution in [0.4, 0.5) is 0 Å². The van der Waals surface area contributed by atoms with Gasteiger partial charge < -0.3 is 10.1 Å². The van der Waals surface area contributed by atoms with Crippen LogP contribution in [0.25, 0.3) is 0 Å². The molecule has 1 aromatic heterocycles. The molecule has 0 spiro atoms. The molecular formula is C10H17N3O2. The number of carbonyl (C=O) groups is 1. The Kier molecular flexibility index (Phi) is 4.66. The number of hydrogen-bond donors (Lipinski definition) is 1. The zero-order valence-corrected chi connectivity index (χ0v) is 9.19. The van der Waals surface area contributed by atoms with Crippen molar-refractivity contribution in [3.63, 3.8) is 0 Å². The predicted octanol–water partition coefficient (Wildman–Crippen LogP) is 0.808. The van der Waals surface area contributed by atoms with E-state index in [0.29, 0.717) is 25.3 Å². The van der Waals surface area contributed by atoms with Crippen LogP contribution in [-0.4, -0.2) is 28.8 Å². The number of rotatable bonds is 6. The molecule has 1 amide bonds. The lowest BCUT2D eigenvalue weighted by molar-refractivity contribution is -0.121. The lowest BCUT2D eigenvalue weighted by Crippen LogP contribution is -2.24. The molecular weight excluding hydrogens is 194 g/mol. The molecule has 1 heterocycles. The van der Waals surface area contributed by atoms with Crippen molar-refractivity contribution in [2.75, 3.05) is 13.2 Å². The molecule has 0 fully saturated rings. The van der Waals surface area contributed by atoms with Crippen LogP contribution in [0.3, 0.4) is 0 Å². The van der Waals surface area contributed by atoms with Gasteiger partial charge in [-0.3, -0.25) is 9.48 Å². The van der Waals surface area contributed by atoms with E-state index in [0.717, 1.165) is 6.54 Å². The van der Waals surface area contributed by atoms with Crippen LogP contribution in [0.15, 0.2) is 12.4 Å². The molecule has 0 bridgehead atoms. The first kappa shape index (κ1) is 11.6. The number of carbonyl (C=O) groups excluding carboxylic acids is 1. The summed E-state index contributed by atoms with van der Waals surface area (Å²) in [5.41, 5.74) is 0. The third kappa shape index (κ3) is 4.01. The van der Waals surface area contributed by atoms with Gasteiger partial charge in [-0.2, -0.15) is 5.10 Å². The van der Waals surface area contributed by atoms with Crippen molar-refractivity contribution >= 4 is 5.91 Å². The summed E-state index contributed by atoms with van der Waals surface area (Å²) < 4.78 is 7.14. The molecule has 5 heteroatoms. The van der Waals surface area contributed by atoms with Crippen molar-refractivity contribution in [3.05, 3.63) is 12.4 Å². The zero-order valence-electron chi connectivity index (χ0n) is 9.19. The molecule has 5 nitrogen and oxygen atoms in total. The van der Waals surface area contributed by atoms with Crippen molar-refractivity contribution in [2.45, 2.75) is 26.8 Å². The fraction of sp³-hybridized carbons (Fsp3) is 0.600. The van der Waals surface area contributed by atoms with E-state index < -0.39 is 0 Å². The standard InChI is InChI=1S/C10H17N3O2/c1-3-11-10(14)5-6-15-9-7-12-13(4-2)8-9/h7-8H,3-6H2,1-2H3,(H,11,14). The number of ether oxygens (including phenoxy) is 1. The second-order valence-corrected chi connectivity index (χ2v) is 3.08. The van der Waals surface area contributed by atoms with Gasteiger partial charge in [-0.1, -0.05) is 0 Å². The topological polar surface area (TPSA) is 56.1 Å². The van der Waals surface area contributed by atoms with E-state index in [4.69, 9.17) is 4.74 Å². The summed E-state index contributed by atoms with van der Waals surface area (Å²) in [6.45, 7) is 5.77. The van der Waals surface area contributed by atoms with Gasteiger partial charge in [0, 0.05) is 13.1 Å². The number of aromatic nitrogens is 2. The van der Waals surface area contributed by atoms with Crippen LogP contribution in [0.5, 0.6) is 5.75 Å². The Labute approximate surface area is 89.4 Å². The minimum Gasteiger partial charge on any atom is -0.490 e. The molecule has 84 valence electrons. The average Bonchev–Trinajstić information content (AvgIpc) is 2.66. The molecule has 0 saturated carbocycles. The van der Waals surface area contributed by atoms with E-state index in [9.17, 15) is 4.79 Å². The summed E-state index contributed by atoms with van der Waals surface area (Å²) in [5.74, 6) is 0.724. The highest BCUT2D eigenvalue weighted by Crippen LogP contribution is 2.07. The first-order chi connectivity index (χ1) is 7.26. The second-order valence-electron chi connectivity index (χ2n) is 3.08. The number of nitrogens with zero attached hydrogens (tertiary/aromatic N) is 2. The minimum absolute atomic E-state index is 0.0142. The van der Waals surface area contributed by atoms with Gasteiger partial charge in [-0.05, 0) is 13.8 Å². The lowest BCUT2D eigenvalue weighted by atomic mass is 10.4. The highest BCUT2D eigenvalue weighted by molar-refractivity contribution is 5.75. The van der Waals surface area contributed by atoms with Gasteiger partial charge in [0.1, 0.15) is 0 Å². The van der Waals surface area contributed by atoms with Crippen LogP contribution in [0.2, 0.25) is 0 Å². The molecule has 0 radical (unpaired) electrons. The summed E-state index contributed by atoms with van der Waals surface area (Å²) in [6, 6.07) is 0. The SMILES string of the molecule is CCNC(=O)CCOc1cnn(CC)c1. The molecule has 15 heavy (non-hydrogen) atoms. The summed E-state index contributed by atoms with van der Waals surface area (Å²) >= 11 is 0. The summed E-state index contributed by atoms with van der Waals surface area (Å²) in [5, 5.41) is 6.77. The maximum Gasteiger partial charge on any atom is 0.223 e. The quantitative estimate of drug-likeness (QED) is 0.757. The van der Waals surface area contributed by atoms with Gasteiger partial charge in [-0.15, -0.1) is 0 Å². The smallest absolute Gasteiger partial charge is 0.223 e. The molecule has 0 aliphatic rings. The molecule has 0 aliphatic heterocycles. The predicted molar refractivity (Wildman–Crippen MR) is 56.7 cm³/mol. The monoisotopic (exact) mass is 211 g/mol. The largest absolute Gasteiger partial charge is 0.490 e. The minimum atomic E-state index is 0.0142. The van der Waals surface area contributed by atoms with Crippen LogP contribution in [0, 0.1) is 0 Å². The molecule has 1 aromatic rings. The molecule has 0 aliphatic carbocycles. The first-order valence-corrected chi connectivity index (χ1v) is 5.18. The number of hydrogen-bond acceptors (Lipinski definition) is 3. The summed E-state index contributed by atoms with van der Waals surface area (Å²) in [6.07, 6.45) is 3.85. The van der Waals surface area contributed by atoms with Gasteiger partial charge in [0.2, 0.25) is 5.91 Å². The van der Waals surface area contributed by atoms with Crippen LogP contribution in [-0.2, 0) is 11.3 Å². The van der Waals surface area contributed by atoms with Crippen molar-refractivity contribution in [1.82, 2.24) is 15.1 Å². The molecule has 0 unspecified atom stereocenters. The fourth-order valence-electron chi connectivity index (χ4n) is 1.14. The zero-order chi connectivity index (χ0) is 11.1. The Morgan fingerprint density at radius 3 is 3.00 bits per heavy atom. The molecule has 1 rings (SSSR count). The van der Waals surface area contributed by atoms with Gasteiger partial charge >= 0.3 is 0 Å². The van der Waals surface area contributed by atoms with E-state index in [1.807, 2.05) is 20.0 Å². The Morgan fingerprint density at radius 2 is 2.40 bits per heavy atom. The van der Waals surface area contributed by atoms with E-state index in [2.05, 4.69) is 10.4 Å². The maximum atomic E-state index is 11.1. The summed E-state index contributed by atoms with van der Waals surface area (Å²) in [7, 11) is 0. The van der Waals surface area contributed by atoms with Crippen molar-refractivity contribution in [1.29, 1.82) is 0 Å². The van der Waals surface area contributed by atoms with Gasteiger partial charge in [-0.25, -0.2) is 0 Å². The lowest BCUT2D eigenvalue weighted by Gasteiger charge is -2.03. The van der Waals surface area contributed by atoms with E-state index >= 15 is 0 Å². The van der Waals surface area contributed by atoms with Crippen LogP contribution in [0.1, 0.15) is 20.3 Å². The third-order valence-electron chi connectivity index (χ3n) is 1.91.